The number of carboxylic acid groups (broad SMARTS) is 1. The molecule has 1 aromatic rings. The molecule has 2 heteroatoms. The summed E-state index contributed by atoms with van der Waals surface area (Å²) in [5, 5.41) is 9.14. The predicted octanol–water partition coefficient (Wildman–Crippen LogP) is 4.17. The zero-order chi connectivity index (χ0) is 14.1. The van der Waals surface area contributed by atoms with Gasteiger partial charge in [0.2, 0.25) is 0 Å². The molecule has 2 aliphatic rings. The van der Waals surface area contributed by atoms with Crippen molar-refractivity contribution in [1.29, 1.82) is 0 Å². The lowest BCUT2D eigenvalue weighted by Crippen LogP contribution is -2.18. The van der Waals surface area contributed by atoms with Crippen LogP contribution in [0.15, 0.2) is 18.2 Å². The first-order chi connectivity index (χ1) is 9.65. The minimum atomic E-state index is -0.730. The van der Waals surface area contributed by atoms with Gasteiger partial charge in [-0.15, -0.1) is 0 Å². The van der Waals surface area contributed by atoms with Gasteiger partial charge in [-0.25, -0.2) is 0 Å². The lowest BCUT2D eigenvalue weighted by atomic mass is 9.79. The fraction of sp³-hybridized carbons (Fsp3) is 0.611. The molecule has 1 N–H and O–H groups in total. The van der Waals surface area contributed by atoms with Gasteiger partial charge in [0.05, 0.1) is 5.92 Å². The van der Waals surface area contributed by atoms with E-state index in [4.69, 9.17) is 5.11 Å². The summed E-state index contributed by atoms with van der Waals surface area (Å²) in [6.45, 7) is 1.78. The topological polar surface area (TPSA) is 37.3 Å². The zero-order valence-corrected chi connectivity index (χ0v) is 12.3. The van der Waals surface area contributed by atoms with Crippen molar-refractivity contribution < 1.29 is 9.90 Å². The maximum atomic E-state index is 11.1. The Balaban J connectivity index is 1.74. The third-order valence-electron chi connectivity index (χ3n) is 5.38. The second-order valence-electron chi connectivity index (χ2n) is 6.65. The molecule has 0 heterocycles. The maximum absolute atomic E-state index is 11.1. The fourth-order valence-electron chi connectivity index (χ4n) is 4.02. The smallest absolute Gasteiger partial charge is 0.310 e. The van der Waals surface area contributed by atoms with E-state index in [0.717, 1.165) is 17.4 Å². The Bertz CT molecular complexity index is 500. The van der Waals surface area contributed by atoms with Crippen LogP contribution < -0.4 is 0 Å². The highest BCUT2D eigenvalue weighted by Gasteiger charge is 2.30. The van der Waals surface area contributed by atoms with E-state index in [1.165, 1.54) is 56.1 Å². The van der Waals surface area contributed by atoms with Crippen molar-refractivity contribution in [3.8, 4) is 0 Å². The van der Waals surface area contributed by atoms with Gasteiger partial charge in [0.25, 0.3) is 0 Å². The standard InChI is InChI=1S/C18H24O2/c1-12(18(19)20)14-7-8-15-10-16(11-17(15)9-14)13-5-3-2-4-6-13/h7-9,12-13,16H,2-6,10-11H2,1H3,(H,19,20)/t12-,16-/m0/s1. The summed E-state index contributed by atoms with van der Waals surface area (Å²) in [6.07, 6.45) is 9.39. The normalized spacial score (nSPS) is 24.4. The Morgan fingerprint density at radius 1 is 1.10 bits per heavy atom. The van der Waals surface area contributed by atoms with Crippen LogP contribution in [0.2, 0.25) is 0 Å². The van der Waals surface area contributed by atoms with Gasteiger partial charge in [-0.05, 0) is 48.3 Å². The average Bonchev–Trinajstić information content (AvgIpc) is 2.90. The van der Waals surface area contributed by atoms with E-state index in [1.54, 1.807) is 6.92 Å². The van der Waals surface area contributed by atoms with Gasteiger partial charge in [0, 0.05) is 0 Å². The molecule has 2 atom stereocenters. The van der Waals surface area contributed by atoms with Crippen molar-refractivity contribution in [2.45, 2.75) is 57.8 Å². The Labute approximate surface area is 121 Å². The summed E-state index contributed by atoms with van der Waals surface area (Å²) in [6, 6.07) is 6.34. The molecule has 1 fully saturated rings. The number of rotatable bonds is 3. The molecular weight excluding hydrogens is 248 g/mol. The maximum Gasteiger partial charge on any atom is 0.310 e. The molecule has 1 saturated carbocycles. The quantitative estimate of drug-likeness (QED) is 0.896. The van der Waals surface area contributed by atoms with E-state index in [1.807, 2.05) is 6.07 Å². The van der Waals surface area contributed by atoms with Gasteiger partial charge < -0.3 is 5.11 Å². The highest BCUT2D eigenvalue weighted by atomic mass is 16.4. The summed E-state index contributed by atoms with van der Waals surface area (Å²) in [7, 11) is 0. The number of hydrogen-bond donors (Lipinski definition) is 1. The number of benzene rings is 1. The van der Waals surface area contributed by atoms with Crippen LogP contribution in [0.5, 0.6) is 0 Å². The summed E-state index contributed by atoms with van der Waals surface area (Å²) >= 11 is 0. The van der Waals surface area contributed by atoms with Gasteiger partial charge in [-0.3, -0.25) is 4.79 Å². The summed E-state index contributed by atoms with van der Waals surface area (Å²) in [5.74, 6) is 0.581. The van der Waals surface area contributed by atoms with Gasteiger partial charge in [-0.1, -0.05) is 50.3 Å². The summed E-state index contributed by atoms with van der Waals surface area (Å²) in [5.41, 5.74) is 3.83. The van der Waals surface area contributed by atoms with Gasteiger partial charge in [0.15, 0.2) is 0 Å². The lowest BCUT2D eigenvalue weighted by Gasteiger charge is -2.27. The minimum Gasteiger partial charge on any atom is -0.481 e. The van der Waals surface area contributed by atoms with E-state index >= 15 is 0 Å². The molecule has 0 spiro atoms. The number of carboxylic acids is 1. The molecule has 0 saturated heterocycles. The first kappa shape index (κ1) is 13.7. The largest absolute Gasteiger partial charge is 0.481 e. The van der Waals surface area contributed by atoms with Crippen molar-refractivity contribution in [3.05, 3.63) is 34.9 Å². The van der Waals surface area contributed by atoms with Crippen molar-refractivity contribution in [3.63, 3.8) is 0 Å². The Morgan fingerprint density at radius 2 is 1.80 bits per heavy atom. The average molecular weight is 272 g/mol. The lowest BCUT2D eigenvalue weighted by molar-refractivity contribution is -0.138. The second-order valence-corrected chi connectivity index (χ2v) is 6.65. The summed E-state index contributed by atoms with van der Waals surface area (Å²) in [4.78, 5) is 11.1. The molecule has 3 rings (SSSR count). The van der Waals surface area contributed by atoms with Crippen LogP contribution in [0.4, 0.5) is 0 Å². The van der Waals surface area contributed by atoms with Crippen molar-refractivity contribution in [1.82, 2.24) is 0 Å². The number of hydrogen-bond acceptors (Lipinski definition) is 1. The molecular formula is C18H24O2. The Kier molecular flexibility index (Phi) is 3.82. The van der Waals surface area contributed by atoms with Crippen LogP contribution in [0.25, 0.3) is 0 Å². The fourth-order valence-corrected chi connectivity index (χ4v) is 4.02. The number of fused-ring (bicyclic) bond motifs is 1. The van der Waals surface area contributed by atoms with E-state index < -0.39 is 11.9 Å². The Hall–Kier alpha value is -1.31. The van der Waals surface area contributed by atoms with E-state index in [-0.39, 0.29) is 0 Å². The van der Waals surface area contributed by atoms with Crippen molar-refractivity contribution in [2.24, 2.45) is 11.8 Å². The zero-order valence-electron chi connectivity index (χ0n) is 12.3. The molecule has 0 radical (unpaired) electrons. The number of aliphatic carboxylic acids is 1. The highest BCUT2D eigenvalue weighted by molar-refractivity contribution is 5.75. The molecule has 0 aliphatic heterocycles. The SMILES string of the molecule is C[C@H](C(=O)O)c1ccc2c(c1)C[C@@H](C1CCCCC1)C2. The molecule has 0 amide bonds. The van der Waals surface area contributed by atoms with Crippen LogP contribution in [-0.4, -0.2) is 11.1 Å². The third kappa shape index (κ3) is 2.61. The van der Waals surface area contributed by atoms with Crippen molar-refractivity contribution in [2.75, 3.05) is 0 Å². The van der Waals surface area contributed by atoms with Gasteiger partial charge in [-0.2, -0.15) is 0 Å². The monoisotopic (exact) mass is 272 g/mol. The summed E-state index contributed by atoms with van der Waals surface area (Å²) < 4.78 is 0. The minimum absolute atomic E-state index is 0.394. The van der Waals surface area contributed by atoms with Crippen molar-refractivity contribution >= 4 is 5.97 Å². The van der Waals surface area contributed by atoms with Gasteiger partial charge in [0.1, 0.15) is 0 Å². The van der Waals surface area contributed by atoms with Crippen LogP contribution in [0.3, 0.4) is 0 Å². The first-order valence-electron chi connectivity index (χ1n) is 7.99. The molecule has 108 valence electrons. The molecule has 0 aromatic heterocycles. The Morgan fingerprint density at radius 3 is 2.50 bits per heavy atom. The molecule has 20 heavy (non-hydrogen) atoms. The third-order valence-corrected chi connectivity index (χ3v) is 5.38. The predicted molar refractivity (Wildman–Crippen MR) is 80.0 cm³/mol. The highest BCUT2D eigenvalue weighted by Crippen LogP contribution is 2.39. The second kappa shape index (κ2) is 5.59. The van der Waals surface area contributed by atoms with Crippen LogP contribution in [0.1, 0.15) is 61.6 Å². The van der Waals surface area contributed by atoms with Crippen LogP contribution in [0, 0.1) is 11.8 Å². The molecule has 0 unspecified atom stereocenters. The van der Waals surface area contributed by atoms with Crippen LogP contribution >= 0.6 is 0 Å². The van der Waals surface area contributed by atoms with Crippen LogP contribution in [-0.2, 0) is 17.6 Å². The molecule has 0 bridgehead atoms. The number of carbonyl (C=O) groups is 1. The van der Waals surface area contributed by atoms with E-state index in [0.29, 0.717) is 0 Å². The van der Waals surface area contributed by atoms with E-state index in [2.05, 4.69) is 12.1 Å². The van der Waals surface area contributed by atoms with Gasteiger partial charge >= 0.3 is 5.97 Å². The van der Waals surface area contributed by atoms with E-state index in [9.17, 15) is 4.79 Å². The molecule has 2 nitrogen and oxygen atoms in total. The first-order valence-corrected chi connectivity index (χ1v) is 7.99. The molecule has 2 aliphatic carbocycles. The molecule has 1 aromatic carbocycles.